The van der Waals surface area contributed by atoms with Crippen LogP contribution in [0.25, 0.3) is 54.6 Å². The highest BCUT2D eigenvalue weighted by atomic mass is 32.2. The van der Waals surface area contributed by atoms with Crippen LogP contribution in [-0.4, -0.2) is 17.8 Å². The zero-order chi connectivity index (χ0) is 31.5. The Morgan fingerprint density at radius 2 is 1.02 bits per heavy atom. The number of aromatic nitrogens is 2. The fourth-order valence-corrected chi connectivity index (χ4v) is 9.06. The van der Waals surface area contributed by atoms with E-state index in [1.54, 1.807) is 24.3 Å². The predicted octanol–water partition coefficient (Wildman–Crippen LogP) is 10.5. The van der Waals surface area contributed by atoms with Crippen LogP contribution >= 0.6 is 11.5 Å². The number of anilines is 3. The number of hydrogen-bond acceptors (Lipinski definition) is 6. The lowest BCUT2D eigenvalue weighted by molar-refractivity contribution is 0.595. The molecule has 0 amide bonds. The van der Waals surface area contributed by atoms with Gasteiger partial charge in [-0.2, -0.15) is 4.37 Å². The molecule has 0 N–H and O–H groups in total. The molecular formula is C40H25N3O2S2. The molecule has 7 heteroatoms. The highest BCUT2D eigenvalue weighted by Gasteiger charge is 2.34. The molecule has 0 bridgehead atoms. The van der Waals surface area contributed by atoms with E-state index in [1.807, 2.05) is 53.4 Å². The van der Waals surface area contributed by atoms with Crippen LogP contribution in [-0.2, 0) is 9.84 Å². The Morgan fingerprint density at radius 1 is 0.511 bits per heavy atom. The smallest absolute Gasteiger partial charge is 0.210 e. The van der Waals surface area contributed by atoms with E-state index < -0.39 is 9.84 Å². The predicted molar refractivity (Wildman–Crippen MR) is 191 cm³/mol. The lowest BCUT2D eigenvalue weighted by Crippen LogP contribution is -2.22. The van der Waals surface area contributed by atoms with Gasteiger partial charge in [-0.3, -0.25) is 0 Å². The van der Waals surface area contributed by atoms with Crippen molar-refractivity contribution in [2.24, 2.45) is 0 Å². The average molecular weight is 644 g/mol. The number of benzene rings is 7. The van der Waals surface area contributed by atoms with Gasteiger partial charge in [-0.25, -0.2) is 13.4 Å². The second-order valence-corrected chi connectivity index (χ2v) is 14.1. The van der Waals surface area contributed by atoms with Gasteiger partial charge in [0.05, 0.1) is 21.2 Å². The Morgan fingerprint density at radius 3 is 1.64 bits per heavy atom. The lowest BCUT2D eigenvalue weighted by Gasteiger charge is -2.33. The third-order valence-corrected chi connectivity index (χ3v) is 11.4. The van der Waals surface area contributed by atoms with Crippen LogP contribution in [0.4, 0.5) is 17.1 Å². The Hall–Kier alpha value is -5.63. The largest absolute Gasteiger partial charge is 0.308 e. The van der Waals surface area contributed by atoms with Crippen molar-refractivity contribution in [3.8, 4) is 33.1 Å². The van der Waals surface area contributed by atoms with Crippen molar-refractivity contribution in [1.29, 1.82) is 0 Å². The summed E-state index contributed by atoms with van der Waals surface area (Å²) in [6, 6.07) is 49.9. The third-order valence-electron chi connectivity index (χ3n) is 8.79. The Bertz CT molecular complexity index is 2500. The van der Waals surface area contributed by atoms with Crippen LogP contribution in [0.15, 0.2) is 161 Å². The summed E-state index contributed by atoms with van der Waals surface area (Å²) in [7, 11) is -3.65. The first-order valence-electron chi connectivity index (χ1n) is 15.3. The van der Waals surface area contributed by atoms with Gasteiger partial charge in [0.1, 0.15) is 5.01 Å². The first kappa shape index (κ1) is 27.7. The SMILES string of the molecule is O=S1(=O)c2ccccc2N(c2cccc(-c3nc(-c4c5ccccc5c(-c5ccccc5)c5ccccc45)ns3)c2)c2ccccc21. The number of nitrogens with zero attached hydrogens (tertiary/aromatic N) is 3. The molecule has 1 aliphatic heterocycles. The van der Waals surface area contributed by atoms with E-state index in [9.17, 15) is 8.42 Å². The molecule has 0 spiro atoms. The van der Waals surface area contributed by atoms with Crippen molar-refractivity contribution in [2.75, 3.05) is 4.90 Å². The van der Waals surface area contributed by atoms with Gasteiger partial charge < -0.3 is 4.90 Å². The first-order chi connectivity index (χ1) is 23.1. The quantitative estimate of drug-likeness (QED) is 0.179. The average Bonchev–Trinajstić information content (AvgIpc) is 3.61. The molecule has 2 heterocycles. The summed E-state index contributed by atoms with van der Waals surface area (Å²) < 4.78 is 32.0. The molecule has 1 aliphatic rings. The number of para-hydroxylation sites is 2. The van der Waals surface area contributed by atoms with E-state index in [-0.39, 0.29) is 0 Å². The minimum Gasteiger partial charge on any atom is -0.308 e. The highest BCUT2D eigenvalue weighted by molar-refractivity contribution is 7.92. The van der Waals surface area contributed by atoms with Crippen LogP contribution in [0.3, 0.4) is 0 Å². The van der Waals surface area contributed by atoms with E-state index >= 15 is 0 Å². The summed E-state index contributed by atoms with van der Waals surface area (Å²) in [6.45, 7) is 0. The van der Waals surface area contributed by atoms with Gasteiger partial charge in [0.15, 0.2) is 5.82 Å². The van der Waals surface area contributed by atoms with Crippen LogP contribution in [0.5, 0.6) is 0 Å². The second kappa shape index (κ2) is 10.7. The minimum atomic E-state index is -3.65. The molecule has 0 radical (unpaired) electrons. The van der Waals surface area contributed by atoms with Gasteiger partial charge in [0.2, 0.25) is 9.84 Å². The van der Waals surface area contributed by atoms with Crippen LogP contribution in [0.1, 0.15) is 0 Å². The Kier molecular flexibility index (Phi) is 6.31. The maximum Gasteiger partial charge on any atom is 0.210 e. The maximum atomic E-state index is 13.5. The molecule has 1 aromatic heterocycles. The normalized spacial score (nSPS) is 13.4. The maximum absolute atomic E-state index is 13.5. The molecule has 0 aliphatic carbocycles. The summed E-state index contributed by atoms with van der Waals surface area (Å²) in [5.41, 5.74) is 6.38. The standard InChI is InChI=1S/C40H25N3O2S2/c44-47(45)35-23-10-8-21-33(35)43(34-22-9-11-24-36(34)47)28-16-12-15-27(25-28)40-41-39(42-46-40)38-31-19-6-4-17-29(31)37(26-13-2-1-3-14-26)30-18-5-7-20-32(30)38/h1-25H. The first-order valence-corrected chi connectivity index (χ1v) is 17.5. The number of rotatable bonds is 4. The van der Waals surface area contributed by atoms with Crippen LogP contribution in [0.2, 0.25) is 0 Å². The Balaban J connectivity index is 1.20. The second-order valence-electron chi connectivity index (χ2n) is 11.5. The van der Waals surface area contributed by atoms with E-state index in [2.05, 4.69) is 78.9 Å². The number of fused-ring (bicyclic) bond motifs is 4. The number of sulfone groups is 1. The summed E-state index contributed by atoms with van der Waals surface area (Å²) in [4.78, 5) is 7.74. The third kappa shape index (κ3) is 4.31. The van der Waals surface area contributed by atoms with Crippen molar-refractivity contribution < 1.29 is 8.42 Å². The summed E-state index contributed by atoms with van der Waals surface area (Å²) >= 11 is 1.37. The van der Waals surface area contributed by atoms with Gasteiger partial charge in [-0.05, 0) is 80.6 Å². The van der Waals surface area contributed by atoms with E-state index in [0.29, 0.717) is 27.0 Å². The molecule has 9 rings (SSSR count). The van der Waals surface area contributed by atoms with E-state index in [1.165, 1.54) is 22.7 Å². The topological polar surface area (TPSA) is 63.2 Å². The van der Waals surface area contributed by atoms with Gasteiger partial charge in [-0.1, -0.05) is 115 Å². The monoisotopic (exact) mass is 643 g/mol. The van der Waals surface area contributed by atoms with Gasteiger partial charge >= 0.3 is 0 Å². The molecule has 5 nitrogen and oxygen atoms in total. The number of hydrogen-bond donors (Lipinski definition) is 0. The van der Waals surface area contributed by atoms with Crippen molar-refractivity contribution in [3.05, 3.63) is 152 Å². The fraction of sp³-hybridized carbons (Fsp3) is 0. The molecule has 8 aromatic rings. The molecule has 0 unspecified atom stereocenters. The van der Waals surface area contributed by atoms with Crippen molar-refractivity contribution >= 4 is 60.0 Å². The summed E-state index contributed by atoms with van der Waals surface area (Å²) in [5, 5.41) is 5.30. The fourth-order valence-electron chi connectivity index (χ4n) is 6.77. The van der Waals surface area contributed by atoms with Crippen molar-refractivity contribution in [1.82, 2.24) is 9.36 Å². The van der Waals surface area contributed by atoms with Crippen LogP contribution in [0, 0.1) is 0 Å². The van der Waals surface area contributed by atoms with E-state index in [4.69, 9.17) is 9.36 Å². The van der Waals surface area contributed by atoms with E-state index in [0.717, 1.165) is 43.4 Å². The highest BCUT2D eigenvalue weighted by Crippen LogP contribution is 2.49. The molecule has 7 aromatic carbocycles. The zero-order valence-electron chi connectivity index (χ0n) is 24.9. The molecule has 224 valence electrons. The molecule has 0 saturated heterocycles. The van der Waals surface area contributed by atoms with Gasteiger partial charge in [0.25, 0.3) is 0 Å². The molecule has 0 saturated carbocycles. The molecule has 47 heavy (non-hydrogen) atoms. The van der Waals surface area contributed by atoms with Crippen molar-refractivity contribution in [2.45, 2.75) is 9.79 Å². The van der Waals surface area contributed by atoms with Gasteiger partial charge in [0, 0.05) is 16.8 Å². The molecule has 0 fully saturated rings. The van der Waals surface area contributed by atoms with Gasteiger partial charge in [-0.15, -0.1) is 0 Å². The summed E-state index contributed by atoms with van der Waals surface area (Å²) in [5.74, 6) is 0.683. The lowest BCUT2D eigenvalue weighted by atomic mass is 9.88. The molecule has 0 atom stereocenters. The summed E-state index contributed by atoms with van der Waals surface area (Å²) in [6.07, 6.45) is 0. The zero-order valence-corrected chi connectivity index (χ0v) is 26.5. The minimum absolute atomic E-state index is 0.292. The van der Waals surface area contributed by atoms with Crippen molar-refractivity contribution in [3.63, 3.8) is 0 Å². The Labute approximate surface area is 276 Å². The van der Waals surface area contributed by atoms with Crippen LogP contribution < -0.4 is 4.90 Å². The molecular weight excluding hydrogens is 619 g/mol.